The lowest BCUT2D eigenvalue weighted by molar-refractivity contribution is 0.0518. The van der Waals surface area contributed by atoms with Gasteiger partial charge in [0.05, 0.1) is 24.1 Å². The highest BCUT2D eigenvalue weighted by molar-refractivity contribution is 5.93. The Morgan fingerprint density at radius 3 is 2.85 bits per heavy atom. The van der Waals surface area contributed by atoms with Crippen molar-refractivity contribution < 1.29 is 18.7 Å². The van der Waals surface area contributed by atoms with Crippen LogP contribution in [0.2, 0.25) is 0 Å². The number of carbonyl (C=O) groups excluding carboxylic acids is 1. The molecule has 1 aromatic heterocycles. The number of aromatic nitrogens is 2. The third-order valence-corrected chi connectivity index (χ3v) is 4.02. The van der Waals surface area contributed by atoms with Crippen LogP contribution in [-0.4, -0.2) is 41.6 Å². The van der Waals surface area contributed by atoms with Crippen LogP contribution in [0, 0.1) is 5.82 Å². The van der Waals surface area contributed by atoms with E-state index in [-0.39, 0.29) is 18.4 Å². The Morgan fingerprint density at radius 1 is 1.42 bits per heavy atom. The first-order valence-electron chi connectivity index (χ1n) is 8.51. The van der Waals surface area contributed by atoms with E-state index in [0.29, 0.717) is 24.5 Å². The molecule has 2 aromatic rings. The Kier molecular flexibility index (Phi) is 5.62. The molecule has 2 heterocycles. The molecule has 0 saturated carbocycles. The predicted molar refractivity (Wildman–Crippen MR) is 93.2 cm³/mol. The average molecular weight is 361 g/mol. The van der Waals surface area contributed by atoms with E-state index in [0.717, 1.165) is 17.5 Å². The molecule has 8 heteroatoms. The van der Waals surface area contributed by atoms with Gasteiger partial charge in [0.1, 0.15) is 5.82 Å². The normalized spacial score (nSPS) is 16.5. The molecule has 1 atom stereocenters. The van der Waals surface area contributed by atoms with Gasteiger partial charge in [-0.3, -0.25) is 4.79 Å². The van der Waals surface area contributed by atoms with Crippen LogP contribution >= 0.6 is 0 Å². The van der Waals surface area contributed by atoms with Gasteiger partial charge in [-0.2, -0.15) is 9.78 Å². The van der Waals surface area contributed by atoms with E-state index < -0.39 is 17.3 Å². The largest absolute Gasteiger partial charge is 0.461 e. The second-order valence-electron chi connectivity index (χ2n) is 5.87. The molecule has 0 aliphatic carbocycles. The maximum absolute atomic E-state index is 13.1. The number of anilines is 1. The number of ether oxygens (including phenoxy) is 2. The van der Waals surface area contributed by atoms with Gasteiger partial charge < -0.3 is 14.8 Å². The summed E-state index contributed by atoms with van der Waals surface area (Å²) >= 11 is 0. The maximum Gasteiger partial charge on any atom is 0.360 e. The number of carbonyl (C=O) groups is 1. The van der Waals surface area contributed by atoms with Crippen LogP contribution in [-0.2, 0) is 9.47 Å². The van der Waals surface area contributed by atoms with Crippen LogP contribution in [0.3, 0.4) is 0 Å². The van der Waals surface area contributed by atoms with Gasteiger partial charge in [0, 0.05) is 19.2 Å². The predicted octanol–water partition coefficient (Wildman–Crippen LogP) is 2.14. The minimum atomic E-state index is -0.641. The highest BCUT2D eigenvalue weighted by Gasteiger charge is 2.21. The van der Waals surface area contributed by atoms with E-state index in [2.05, 4.69) is 10.4 Å². The molecule has 3 rings (SSSR count). The molecule has 0 spiro atoms. The molecule has 0 unspecified atom stereocenters. The van der Waals surface area contributed by atoms with Crippen molar-refractivity contribution in [3.05, 3.63) is 52.2 Å². The van der Waals surface area contributed by atoms with E-state index in [1.807, 2.05) is 0 Å². The van der Waals surface area contributed by atoms with E-state index in [1.54, 1.807) is 6.92 Å². The Bertz CT molecular complexity index is 829. The van der Waals surface area contributed by atoms with Crippen molar-refractivity contribution in [1.82, 2.24) is 9.78 Å². The van der Waals surface area contributed by atoms with Gasteiger partial charge in [0.2, 0.25) is 0 Å². The van der Waals surface area contributed by atoms with Crippen molar-refractivity contribution in [1.29, 1.82) is 0 Å². The number of nitrogens with zero attached hydrogens (tertiary/aromatic N) is 2. The standard InChI is InChI=1S/C18H20FN3O4/c1-2-25-18(24)17-15(20-11-14-4-3-9-26-14)10-16(23)22(21-17)13-7-5-12(19)6-8-13/h5-8,10,14,20H,2-4,9,11H2,1H3/t14-/m0/s1. The van der Waals surface area contributed by atoms with Crippen LogP contribution in [0.25, 0.3) is 5.69 Å². The smallest absolute Gasteiger partial charge is 0.360 e. The Hall–Kier alpha value is -2.74. The number of esters is 1. The molecule has 1 aliphatic heterocycles. The summed E-state index contributed by atoms with van der Waals surface area (Å²) in [6.45, 7) is 3.05. The molecule has 1 aromatic carbocycles. The second kappa shape index (κ2) is 8.09. The highest BCUT2D eigenvalue weighted by atomic mass is 19.1. The molecule has 7 nitrogen and oxygen atoms in total. The first kappa shape index (κ1) is 18.1. The average Bonchev–Trinajstić information content (AvgIpc) is 3.14. The zero-order valence-electron chi connectivity index (χ0n) is 14.4. The minimum Gasteiger partial charge on any atom is -0.461 e. The van der Waals surface area contributed by atoms with Gasteiger partial charge in [-0.05, 0) is 44.0 Å². The van der Waals surface area contributed by atoms with E-state index in [4.69, 9.17) is 9.47 Å². The summed E-state index contributed by atoms with van der Waals surface area (Å²) in [6.07, 6.45) is 1.94. The maximum atomic E-state index is 13.1. The number of benzene rings is 1. The fourth-order valence-corrected chi connectivity index (χ4v) is 2.74. The number of hydrogen-bond donors (Lipinski definition) is 1. The molecule has 0 radical (unpaired) electrons. The Balaban J connectivity index is 1.94. The number of halogens is 1. The molecule has 138 valence electrons. The Morgan fingerprint density at radius 2 is 2.19 bits per heavy atom. The SMILES string of the molecule is CCOC(=O)c1nn(-c2ccc(F)cc2)c(=O)cc1NC[C@@H]1CCCO1. The number of nitrogens with one attached hydrogen (secondary N) is 1. The van der Waals surface area contributed by atoms with Crippen LogP contribution in [0.5, 0.6) is 0 Å². The molecule has 0 amide bonds. The lowest BCUT2D eigenvalue weighted by Gasteiger charge is -2.15. The van der Waals surface area contributed by atoms with Gasteiger partial charge in [0.15, 0.2) is 5.69 Å². The van der Waals surface area contributed by atoms with Gasteiger partial charge in [-0.15, -0.1) is 0 Å². The summed E-state index contributed by atoms with van der Waals surface area (Å²) in [5, 5.41) is 7.20. The molecule has 1 saturated heterocycles. The summed E-state index contributed by atoms with van der Waals surface area (Å²) < 4.78 is 24.7. The van der Waals surface area contributed by atoms with Gasteiger partial charge >= 0.3 is 5.97 Å². The van der Waals surface area contributed by atoms with Crippen molar-refractivity contribution in [3.63, 3.8) is 0 Å². The molecule has 1 aliphatic rings. The topological polar surface area (TPSA) is 82.5 Å². The van der Waals surface area contributed by atoms with Crippen LogP contribution in [0.1, 0.15) is 30.3 Å². The van der Waals surface area contributed by atoms with Gasteiger partial charge in [-0.1, -0.05) is 0 Å². The van der Waals surface area contributed by atoms with Crippen LogP contribution < -0.4 is 10.9 Å². The summed E-state index contributed by atoms with van der Waals surface area (Å²) in [5.74, 6) is -1.07. The summed E-state index contributed by atoms with van der Waals surface area (Å²) in [5.41, 5.74) is 0.197. The first-order valence-corrected chi connectivity index (χ1v) is 8.51. The second-order valence-corrected chi connectivity index (χ2v) is 5.87. The molecule has 26 heavy (non-hydrogen) atoms. The molecule has 1 N–H and O–H groups in total. The van der Waals surface area contributed by atoms with E-state index in [9.17, 15) is 14.0 Å². The van der Waals surface area contributed by atoms with Crippen molar-refractivity contribution >= 4 is 11.7 Å². The van der Waals surface area contributed by atoms with Crippen LogP contribution in [0.15, 0.2) is 35.1 Å². The summed E-state index contributed by atoms with van der Waals surface area (Å²) in [7, 11) is 0. The first-order chi connectivity index (χ1) is 12.6. The van der Waals surface area contributed by atoms with Crippen molar-refractivity contribution in [2.24, 2.45) is 0 Å². The van der Waals surface area contributed by atoms with Crippen LogP contribution in [0.4, 0.5) is 10.1 Å². The third-order valence-electron chi connectivity index (χ3n) is 4.02. The lowest BCUT2D eigenvalue weighted by Crippen LogP contribution is -2.27. The van der Waals surface area contributed by atoms with Gasteiger partial charge in [0.25, 0.3) is 5.56 Å². The third kappa shape index (κ3) is 4.08. The summed E-state index contributed by atoms with van der Waals surface area (Å²) in [4.78, 5) is 24.7. The molecular weight excluding hydrogens is 341 g/mol. The molecule has 1 fully saturated rings. The zero-order valence-corrected chi connectivity index (χ0v) is 14.4. The van der Waals surface area contributed by atoms with Crippen molar-refractivity contribution in [2.75, 3.05) is 25.1 Å². The number of hydrogen-bond acceptors (Lipinski definition) is 6. The fourth-order valence-electron chi connectivity index (χ4n) is 2.74. The Labute approximate surface area is 149 Å². The highest BCUT2D eigenvalue weighted by Crippen LogP contribution is 2.17. The number of rotatable bonds is 6. The lowest BCUT2D eigenvalue weighted by atomic mass is 10.2. The molecule has 0 bridgehead atoms. The molecular formula is C18H20FN3O4. The van der Waals surface area contributed by atoms with E-state index in [1.165, 1.54) is 30.3 Å². The quantitative estimate of drug-likeness (QED) is 0.794. The minimum absolute atomic E-state index is 0.00577. The monoisotopic (exact) mass is 361 g/mol. The van der Waals surface area contributed by atoms with Crippen molar-refractivity contribution in [2.45, 2.75) is 25.9 Å². The van der Waals surface area contributed by atoms with Gasteiger partial charge in [-0.25, -0.2) is 9.18 Å². The van der Waals surface area contributed by atoms with E-state index >= 15 is 0 Å². The van der Waals surface area contributed by atoms with Crippen molar-refractivity contribution in [3.8, 4) is 5.69 Å². The summed E-state index contributed by atoms with van der Waals surface area (Å²) in [6, 6.07) is 6.56. The zero-order chi connectivity index (χ0) is 18.5. The fraction of sp³-hybridized carbons (Fsp3) is 0.389.